The molecule has 1 saturated carbocycles. The third kappa shape index (κ3) is 5.63. The van der Waals surface area contributed by atoms with E-state index in [0.29, 0.717) is 17.5 Å². The Labute approximate surface area is 164 Å². The second-order valence-electron chi connectivity index (χ2n) is 6.63. The molecule has 2 atom stereocenters. The standard InChI is InChI=1S/C20H19F3N2O4/c21-20(22,23)29-17-4-2-1-3-14(17)15-11-16(15)19(28)25-10-9-24-18(27)12-5-7-13(26)8-6-12/h1-8,15-16,26H,9-11H2,(H,24,27)(H,25,28). The molecular weight excluding hydrogens is 389 g/mol. The van der Waals surface area contributed by atoms with Crippen molar-refractivity contribution in [2.24, 2.45) is 5.92 Å². The Kier molecular flexibility index (Phi) is 5.95. The van der Waals surface area contributed by atoms with Gasteiger partial charge in [-0.15, -0.1) is 13.2 Å². The number of amides is 2. The van der Waals surface area contributed by atoms with E-state index >= 15 is 0 Å². The van der Waals surface area contributed by atoms with Gasteiger partial charge in [0.2, 0.25) is 5.91 Å². The summed E-state index contributed by atoms with van der Waals surface area (Å²) in [7, 11) is 0. The summed E-state index contributed by atoms with van der Waals surface area (Å²) < 4.78 is 41.6. The van der Waals surface area contributed by atoms with Crippen LogP contribution in [0.25, 0.3) is 0 Å². The molecule has 3 N–H and O–H groups in total. The van der Waals surface area contributed by atoms with Gasteiger partial charge in [-0.1, -0.05) is 18.2 Å². The molecule has 9 heteroatoms. The molecular formula is C20H19F3N2O4. The van der Waals surface area contributed by atoms with E-state index in [4.69, 9.17) is 0 Å². The average molecular weight is 408 g/mol. The zero-order valence-electron chi connectivity index (χ0n) is 15.2. The lowest BCUT2D eigenvalue weighted by Gasteiger charge is -2.13. The third-order valence-electron chi connectivity index (χ3n) is 4.51. The van der Waals surface area contributed by atoms with E-state index in [1.54, 1.807) is 6.07 Å². The molecule has 0 bridgehead atoms. The fourth-order valence-electron chi connectivity index (χ4n) is 3.04. The maximum Gasteiger partial charge on any atom is 0.573 e. The highest BCUT2D eigenvalue weighted by Crippen LogP contribution is 2.50. The molecule has 0 spiro atoms. The van der Waals surface area contributed by atoms with Gasteiger partial charge in [0.25, 0.3) is 5.91 Å². The highest BCUT2D eigenvalue weighted by Gasteiger charge is 2.46. The van der Waals surface area contributed by atoms with Crippen LogP contribution < -0.4 is 15.4 Å². The van der Waals surface area contributed by atoms with Crippen LogP contribution >= 0.6 is 0 Å². The summed E-state index contributed by atoms with van der Waals surface area (Å²) in [6, 6.07) is 11.5. The molecule has 2 amide bonds. The number of ether oxygens (including phenoxy) is 1. The van der Waals surface area contributed by atoms with Gasteiger partial charge in [0.1, 0.15) is 11.5 Å². The highest BCUT2D eigenvalue weighted by molar-refractivity contribution is 5.94. The smallest absolute Gasteiger partial charge is 0.508 e. The van der Waals surface area contributed by atoms with Crippen molar-refractivity contribution < 1.29 is 32.6 Å². The van der Waals surface area contributed by atoms with Gasteiger partial charge in [0.05, 0.1) is 0 Å². The van der Waals surface area contributed by atoms with Crippen molar-refractivity contribution >= 4 is 11.8 Å². The first-order valence-corrected chi connectivity index (χ1v) is 8.94. The number of aromatic hydroxyl groups is 1. The lowest BCUT2D eigenvalue weighted by Crippen LogP contribution is -2.35. The van der Waals surface area contributed by atoms with Crippen molar-refractivity contribution in [1.29, 1.82) is 0 Å². The number of nitrogens with one attached hydrogen (secondary N) is 2. The fourth-order valence-corrected chi connectivity index (χ4v) is 3.04. The molecule has 0 aromatic heterocycles. The van der Waals surface area contributed by atoms with Gasteiger partial charge in [-0.25, -0.2) is 0 Å². The second-order valence-corrected chi connectivity index (χ2v) is 6.63. The van der Waals surface area contributed by atoms with Crippen molar-refractivity contribution in [2.75, 3.05) is 13.1 Å². The second kappa shape index (κ2) is 8.42. The van der Waals surface area contributed by atoms with Gasteiger partial charge in [-0.05, 0) is 48.2 Å². The number of rotatable bonds is 7. The number of carbonyl (C=O) groups is 2. The molecule has 29 heavy (non-hydrogen) atoms. The summed E-state index contributed by atoms with van der Waals surface area (Å²) in [5.74, 6) is -1.63. The summed E-state index contributed by atoms with van der Waals surface area (Å²) in [6.45, 7) is 0.378. The zero-order chi connectivity index (χ0) is 21.0. The number of phenolic OH excluding ortho intramolecular Hbond substituents is 1. The van der Waals surface area contributed by atoms with Gasteiger partial charge in [-0.3, -0.25) is 9.59 Å². The van der Waals surface area contributed by atoms with E-state index in [-0.39, 0.29) is 42.3 Å². The van der Waals surface area contributed by atoms with Gasteiger partial charge in [0.15, 0.2) is 0 Å². The van der Waals surface area contributed by atoms with E-state index in [1.165, 1.54) is 42.5 Å². The molecule has 2 aromatic carbocycles. The number of para-hydroxylation sites is 1. The van der Waals surface area contributed by atoms with Gasteiger partial charge in [0, 0.05) is 24.6 Å². The van der Waals surface area contributed by atoms with Gasteiger partial charge >= 0.3 is 6.36 Å². The minimum absolute atomic E-state index is 0.0509. The monoisotopic (exact) mass is 408 g/mol. The SMILES string of the molecule is O=C(NCCNC(=O)C1CC1c1ccccc1OC(F)(F)F)c1ccc(O)cc1. The molecule has 1 aliphatic rings. The van der Waals surface area contributed by atoms with Crippen molar-refractivity contribution in [2.45, 2.75) is 18.7 Å². The number of hydrogen-bond acceptors (Lipinski definition) is 4. The summed E-state index contributed by atoms with van der Waals surface area (Å²) >= 11 is 0. The van der Waals surface area contributed by atoms with Crippen LogP contribution in [0.4, 0.5) is 13.2 Å². The Balaban J connectivity index is 1.45. The predicted octanol–water partition coefficient (Wildman–Crippen LogP) is 2.94. The van der Waals surface area contributed by atoms with Crippen LogP contribution in [0.5, 0.6) is 11.5 Å². The van der Waals surface area contributed by atoms with Crippen LogP contribution in [0, 0.1) is 5.92 Å². The van der Waals surface area contributed by atoms with Crippen molar-refractivity contribution in [3.63, 3.8) is 0 Å². The number of alkyl halides is 3. The van der Waals surface area contributed by atoms with Gasteiger partial charge < -0.3 is 20.5 Å². The van der Waals surface area contributed by atoms with Crippen LogP contribution in [0.15, 0.2) is 48.5 Å². The lowest BCUT2D eigenvalue weighted by molar-refractivity contribution is -0.274. The van der Waals surface area contributed by atoms with E-state index in [9.17, 15) is 27.9 Å². The zero-order valence-corrected chi connectivity index (χ0v) is 15.2. The third-order valence-corrected chi connectivity index (χ3v) is 4.51. The summed E-state index contributed by atoms with van der Waals surface area (Å²) in [5.41, 5.74) is 0.725. The molecule has 0 radical (unpaired) electrons. The minimum Gasteiger partial charge on any atom is -0.508 e. The Morgan fingerprint density at radius 1 is 1.03 bits per heavy atom. The molecule has 154 valence electrons. The molecule has 0 aliphatic heterocycles. The Morgan fingerprint density at radius 3 is 2.38 bits per heavy atom. The van der Waals surface area contributed by atoms with Crippen LogP contribution in [0.1, 0.15) is 28.3 Å². The van der Waals surface area contributed by atoms with Crippen molar-refractivity contribution in [3.05, 3.63) is 59.7 Å². The normalized spacial score (nSPS) is 18.0. The highest BCUT2D eigenvalue weighted by atomic mass is 19.4. The molecule has 2 unspecified atom stereocenters. The first kappa shape index (κ1) is 20.5. The topological polar surface area (TPSA) is 87.7 Å². The summed E-state index contributed by atoms with van der Waals surface area (Å²) in [4.78, 5) is 24.1. The number of carbonyl (C=O) groups excluding carboxylic acids is 2. The molecule has 0 saturated heterocycles. The van der Waals surface area contributed by atoms with E-state index in [0.717, 1.165) is 0 Å². The van der Waals surface area contributed by atoms with Crippen molar-refractivity contribution in [3.8, 4) is 11.5 Å². The maximum absolute atomic E-state index is 12.5. The first-order valence-electron chi connectivity index (χ1n) is 8.94. The van der Waals surface area contributed by atoms with E-state index < -0.39 is 12.3 Å². The molecule has 2 aromatic rings. The van der Waals surface area contributed by atoms with Crippen LogP contribution in [0.2, 0.25) is 0 Å². The largest absolute Gasteiger partial charge is 0.573 e. The summed E-state index contributed by atoms with van der Waals surface area (Å²) in [6.07, 6.45) is -4.36. The number of benzene rings is 2. The Morgan fingerprint density at radius 2 is 1.69 bits per heavy atom. The molecule has 6 nitrogen and oxygen atoms in total. The molecule has 0 heterocycles. The van der Waals surface area contributed by atoms with Crippen LogP contribution in [0.3, 0.4) is 0 Å². The summed E-state index contributed by atoms with van der Waals surface area (Å²) in [5, 5.41) is 14.5. The maximum atomic E-state index is 12.5. The lowest BCUT2D eigenvalue weighted by atomic mass is 10.1. The van der Waals surface area contributed by atoms with E-state index in [1.807, 2.05) is 0 Å². The molecule has 3 rings (SSSR count). The van der Waals surface area contributed by atoms with Crippen LogP contribution in [-0.2, 0) is 4.79 Å². The van der Waals surface area contributed by atoms with Gasteiger partial charge in [-0.2, -0.15) is 0 Å². The minimum atomic E-state index is -4.79. The van der Waals surface area contributed by atoms with Crippen molar-refractivity contribution in [1.82, 2.24) is 10.6 Å². The average Bonchev–Trinajstić information content (AvgIpc) is 3.45. The van der Waals surface area contributed by atoms with Crippen LogP contribution in [-0.4, -0.2) is 36.4 Å². The Bertz CT molecular complexity index is 884. The number of hydrogen-bond donors (Lipinski definition) is 3. The number of phenols is 1. The molecule has 1 aliphatic carbocycles. The predicted molar refractivity (Wildman–Crippen MR) is 97.4 cm³/mol. The first-order chi connectivity index (χ1) is 13.7. The quantitative estimate of drug-likeness (QED) is 0.615. The Hall–Kier alpha value is -3.23. The molecule has 1 fully saturated rings. The van der Waals surface area contributed by atoms with E-state index in [2.05, 4.69) is 15.4 Å². The fraction of sp³-hybridized carbons (Fsp3) is 0.300. The number of halogens is 3.